The van der Waals surface area contributed by atoms with E-state index in [1.54, 1.807) is 18.2 Å². The van der Waals surface area contributed by atoms with Crippen LogP contribution in [0, 0.1) is 0 Å². The van der Waals surface area contributed by atoms with Crippen LogP contribution in [0.4, 0.5) is 0 Å². The zero-order valence-corrected chi connectivity index (χ0v) is 13.8. The van der Waals surface area contributed by atoms with E-state index in [0.717, 1.165) is 14.5 Å². The lowest BCUT2D eigenvalue weighted by molar-refractivity contribution is -0.254. The summed E-state index contributed by atoms with van der Waals surface area (Å²) in [6.45, 7) is 0. The first-order chi connectivity index (χ1) is 10.0. The number of aromatic nitrogens is 1. The molecule has 1 heterocycles. The zero-order chi connectivity index (χ0) is 15.0. The molecule has 2 aromatic carbocycles. The molecule has 3 rings (SSSR count). The number of pyridine rings is 1. The fourth-order valence-electron chi connectivity index (χ4n) is 2.16. The van der Waals surface area contributed by atoms with E-state index >= 15 is 0 Å². The number of hydrogen-bond donors (Lipinski definition) is 0. The fourth-order valence-corrected chi connectivity index (χ4v) is 2.92. The van der Waals surface area contributed by atoms with Crippen molar-refractivity contribution in [3.05, 3.63) is 63.0 Å². The first-order valence-corrected chi connectivity index (χ1v) is 7.71. The van der Waals surface area contributed by atoms with Crippen LogP contribution in [0.5, 0.6) is 0 Å². The molecule has 0 aliphatic carbocycles. The topological polar surface area (TPSA) is 53.0 Å². The van der Waals surface area contributed by atoms with Gasteiger partial charge < -0.3 is 9.90 Å². The van der Waals surface area contributed by atoms with Gasteiger partial charge in [0.1, 0.15) is 0 Å². The van der Waals surface area contributed by atoms with Crippen molar-refractivity contribution >= 4 is 48.7 Å². The average molecular weight is 406 g/mol. The highest BCUT2D eigenvalue weighted by Gasteiger charge is 2.09. The number of carbonyl (C=O) groups excluding carboxylic acids is 1. The molecule has 0 unspecified atom stereocenters. The Hall–Kier alpha value is -1.72. The molecule has 0 saturated heterocycles. The van der Waals surface area contributed by atoms with Gasteiger partial charge in [-0.05, 0) is 36.4 Å². The van der Waals surface area contributed by atoms with E-state index < -0.39 is 5.97 Å². The maximum atomic E-state index is 11.4. The minimum atomic E-state index is -1.21. The van der Waals surface area contributed by atoms with Gasteiger partial charge in [-0.1, -0.05) is 44.0 Å². The SMILES string of the molecule is O=C([O-])c1cc(-c2cccc(Br)c2)nc2ccc(Br)cc12. The molecule has 0 N–H and O–H groups in total. The second kappa shape index (κ2) is 5.58. The van der Waals surface area contributed by atoms with Crippen LogP contribution in [-0.4, -0.2) is 11.0 Å². The van der Waals surface area contributed by atoms with Crippen molar-refractivity contribution in [3.8, 4) is 11.3 Å². The summed E-state index contributed by atoms with van der Waals surface area (Å²) in [5.74, 6) is -1.21. The lowest BCUT2D eigenvalue weighted by atomic mass is 10.0. The number of carboxylic acid groups (broad SMARTS) is 1. The molecule has 0 atom stereocenters. The fraction of sp³-hybridized carbons (Fsp3) is 0. The van der Waals surface area contributed by atoms with Crippen LogP contribution < -0.4 is 5.11 Å². The summed E-state index contributed by atoms with van der Waals surface area (Å²) in [5.41, 5.74) is 2.20. The van der Waals surface area contributed by atoms with Crippen LogP contribution >= 0.6 is 31.9 Å². The van der Waals surface area contributed by atoms with E-state index in [2.05, 4.69) is 36.8 Å². The monoisotopic (exact) mass is 404 g/mol. The minimum absolute atomic E-state index is 0.135. The first kappa shape index (κ1) is 14.2. The van der Waals surface area contributed by atoms with Gasteiger partial charge in [0, 0.05) is 25.5 Å². The molecule has 0 saturated carbocycles. The predicted molar refractivity (Wildman–Crippen MR) is 86.9 cm³/mol. The summed E-state index contributed by atoms with van der Waals surface area (Å²) < 4.78 is 1.71. The number of rotatable bonds is 2. The number of nitrogens with zero attached hydrogens (tertiary/aromatic N) is 1. The van der Waals surface area contributed by atoms with Crippen LogP contribution in [0.2, 0.25) is 0 Å². The van der Waals surface area contributed by atoms with Gasteiger partial charge in [-0.2, -0.15) is 0 Å². The number of fused-ring (bicyclic) bond motifs is 1. The van der Waals surface area contributed by atoms with Crippen molar-refractivity contribution < 1.29 is 9.90 Å². The molecule has 3 aromatic rings. The summed E-state index contributed by atoms with van der Waals surface area (Å²) in [6.07, 6.45) is 0. The van der Waals surface area contributed by atoms with Crippen molar-refractivity contribution in [3.63, 3.8) is 0 Å². The maximum absolute atomic E-state index is 11.4. The molecule has 21 heavy (non-hydrogen) atoms. The highest BCUT2D eigenvalue weighted by atomic mass is 79.9. The molecule has 5 heteroatoms. The highest BCUT2D eigenvalue weighted by molar-refractivity contribution is 9.10. The summed E-state index contributed by atoms with van der Waals surface area (Å²) >= 11 is 6.74. The van der Waals surface area contributed by atoms with Crippen molar-refractivity contribution in [1.82, 2.24) is 4.98 Å². The Bertz CT molecular complexity index is 862. The van der Waals surface area contributed by atoms with E-state index in [0.29, 0.717) is 16.6 Å². The molecule has 0 fully saturated rings. The van der Waals surface area contributed by atoms with Gasteiger partial charge in [-0.3, -0.25) is 0 Å². The average Bonchev–Trinajstić information content (AvgIpc) is 2.46. The van der Waals surface area contributed by atoms with Crippen LogP contribution in [-0.2, 0) is 0 Å². The first-order valence-electron chi connectivity index (χ1n) is 6.12. The molecule has 0 aliphatic rings. The van der Waals surface area contributed by atoms with Crippen LogP contribution in [0.25, 0.3) is 22.2 Å². The second-order valence-corrected chi connectivity index (χ2v) is 6.35. The number of benzene rings is 2. The van der Waals surface area contributed by atoms with Crippen LogP contribution in [0.3, 0.4) is 0 Å². The van der Waals surface area contributed by atoms with Gasteiger partial charge in [0.05, 0.1) is 17.2 Å². The summed E-state index contributed by atoms with van der Waals surface area (Å²) in [4.78, 5) is 16.0. The van der Waals surface area contributed by atoms with Gasteiger partial charge in [0.15, 0.2) is 0 Å². The maximum Gasteiger partial charge on any atom is 0.0722 e. The lowest BCUT2D eigenvalue weighted by Crippen LogP contribution is -2.22. The van der Waals surface area contributed by atoms with Gasteiger partial charge in [0.2, 0.25) is 0 Å². The third-order valence-corrected chi connectivity index (χ3v) is 4.10. The predicted octanol–water partition coefficient (Wildman–Crippen LogP) is 3.79. The Morgan fingerprint density at radius 2 is 1.76 bits per heavy atom. The van der Waals surface area contributed by atoms with Crippen LogP contribution in [0.15, 0.2) is 57.5 Å². The van der Waals surface area contributed by atoms with Gasteiger partial charge in [-0.15, -0.1) is 0 Å². The third-order valence-electron chi connectivity index (χ3n) is 3.11. The van der Waals surface area contributed by atoms with Crippen molar-refractivity contribution in [2.24, 2.45) is 0 Å². The standard InChI is InChI=1S/C16H9Br2NO2/c17-10-3-1-2-9(6-10)15-8-13(16(20)21)12-7-11(18)4-5-14(12)19-15/h1-8H,(H,20,21)/p-1. The van der Waals surface area contributed by atoms with E-state index in [1.165, 1.54) is 0 Å². The molecule has 0 radical (unpaired) electrons. The Balaban J connectivity index is 2.31. The Morgan fingerprint density at radius 3 is 2.48 bits per heavy atom. The van der Waals surface area contributed by atoms with Crippen LogP contribution in [0.1, 0.15) is 10.4 Å². The van der Waals surface area contributed by atoms with Crippen molar-refractivity contribution in [2.45, 2.75) is 0 Å². The number of hydrogen-bond acceptors (Lipinski definition) is 3. The minimum Gasteiger partial charge on any atom is -0.545 e. The molecule has 0 spiro atoms. The van der Waals surface area contributed by atoms with E-state index in [4.69, 9.17) is 0 Å². The quantitative estimate of drug-likeness (QED) is 0.651. The summed E-state index contributed by atoms with van der Waals surface area (Å²) in [5, 5.41) is 12.0. The number of aromatic carboxylic acids is 1. The van der Waals surface area contributed by atoms with Crippen molar-refractivity contribution in [2.75, 3.05) is 0 Å². The largest absolute Gasteiger partial charge is 0.545 e. The summed E-state index contributed by atoms with van der Waals surface area (Å²) in [6, 6.07) is 14.5. The highest BCUT2D eigenvalue weighted by Crippen LogP contribution is 2.28. The summed E-state index contributed by atoms with van der Waals surface area (Å²) in [7, 11) is 0. The smallest absolute Gasteiger partial charge is 0.0722 e. The second-order valence-electron chi connectivity index (χ2n) is 4.51. The van der Waals surface area contributed by atoms with E-state index in [1.807, 2.05) is 30.3 Å². The molecule has 0 aliphatic heterocycles. The number of carboxylic acids is 1. The van der Waals surface area contributed by atoms with E-state index in [-0.39, 0.29) is 5.56 Å². The third kappa shape index (κ3) is 2.84. The van der Waals surface area contributed by atoms with Gasteiger partial charge in [0.25, 0.3) is 0 Å². The van der Waals surface area contributed by atoms with Gasteiger partial charge in [-0.25, -0.2) is 4.98 Å². The molecule has 3 nitrogen and oxygen atoms in total. The molecule has 1 aromatic heterocycles. The Kier molecular flexibility index (Phi) is 3.78. The lowest BCUT2D eigenvalue weighted by Gasteiger charge is -2.11. The normalized spacial score (nSPS) is 10.8. The molecule has 104 valence electrons. The number of halogens is 2. The molecular formula is C16H8Br2NO2-. The Labute approximate surface area is 137 Å². The molecular weight excluding hydrogens is 398 g/mol. The molecule has 0 amide bonds. The Morgan fingerprint density at radius 1 is 1.00 bits per heavy atom. The van der Waals surface area contributed by atoms with E-state index in [9.17, 15) is 9.90 Å². The molecule has 0 bridgehead atoms. The zero-order valence-electron chi connectivity index (χ0n) is 10.6. The van der Waals surface area contributed by atoms with Crippen molar-refractivity contribution in [1.29, 1.82) is 0 Å². The van der Waals surface area contributed by atoms with Gasteiger partial charge >= 0.3 is 0 Å². The number of carbonyl (C=O) groups is 1.